The highest BCUT2D eigenvalue weighted by Gasteiger charge is 2.33. The molecule has 100 valence electrons. The largest absolute Gasteiger partial charge is 0.495 e. The molecule has 1 aliphatic rings. The van der Waals surface area contributed by atoms with Gasteiger partial charge in [-0.25, -0.2) is 0 Å². The summed E-state index contributed by atoms with van der Waals surface area (Å²) in [5.74, 6) is 0.928. The predicted molar refractivity (Wildman–Crippen MR) is 74.2 cm³/mol. The zero-order chi connectivity index (χ0) is 13.3. The number of methoxy groups -OCH3 is 1. The maximum absolute atomic E-state index is 10.5. The lowest BCUT2D eigenvalue weighted by molar-refractivity contribution is -0.0187. The Hall–Kier alpha value is -0.290. The summed E-state index contributed by atoms with van der Waals surface area (Å²) in [4.78, 5) is 0. The van der Waals surface area contributed by atoms with Crippen molar-refractivity contribution in [2.75, 3.05) is 13.7 Å². The van der Waals surface area contributed by atoms with Crippen molar-refractivity contribution >= 4 is 27.5 Å². The van der Waals surface area contributed by atoms with Crippen molar-refractivity contribution in [1.82, 2.24) is 0 Å². The van der Waals surface area contributed by atoms with Crippen LogP contribution < -0.4 is 4.74 Å². The highest BCUT2D eigenvalue weighted by Crippen LogP contribution is 2.40. The van der Waals surface area contributed by atoms with Gasteiger partial charge in [0, 0.05) is 17.2 Å². The molecule has 0 radical (unpaired) electrons. The first kappa shape index (κ1) is 14.1. The maximum Gasteiger partial charge on any atom is 0.139 e. The standard InChI is InChI=1S/C13H16BrClO3/c1-7-3-4-18-12(7)11(16)9-5-8(15)6-10(14)13(9)17-2/h5-7,11-12,16H,3-4H2,1-2H3. The maximum atomic E-state index is 10.5. The average molecular weight is 336 g/mol. The molecule has 0 bridgehead atoms. The van der Waals surface area contributed by atoms with E-state index in [4.69, 9.17) is 21.1 Å². The topological polar surface area (TPSA) is 38.7 Å². The SMILES string of the molecule is COc1c(Br)cc(Cl)cc1C(O)C1OCCC1C. The van der Waals surface area contributed by atoms with Crippen molar-refractivity contribution in [2.45, 2.75) is 25.6 Å². The van der Waals surface area contributed by atoms with Crippen LogP contribution in [0.4, 0.5) is 0 Å². The number of rotatable bonds is 3. The number of halogens is 2. The monoisotopic (exact) mass is 334 g/mol. The second kappa shape index (κ2) is 5.78. The number of hydrogen-bond donors (Lipinski definition) is 1. The quantitative estimate of drug-likeness (QED) is 0.918. The Bertz CT molecular complexity index is 438. The van der Waals surface area contributed by atoms with Gasteiger partial charge in [0.1, 0.15) is 11.9 Å². The van der Waals surface area contributed by atoms with E-state index in [-0.39, 0.29) is 6.10 Å². The van der Waals surface area contributed by atoms with Gasteiger partial charge in [0.15, 0.2) is 0 Å². The Morgan fingerprint density at radius 2 is 2.28 bits per heavy atom. The number of ether oxygens (including phenoxy) is 2. The van der Waals surface area contributed by atoms with Gasteiger partial charge in [0.2, 0.25) is 0 Å². The second-order valence-corrected chi connectivity index (χ2v) is 5.85. The molecule has 0 aromatic heterocycles. The van der Waals surface area contributed by atoms with Gasteiger partial charge in [-0.05, 0) is 40.4 Å². The van der Waals surface area contributed by atoms with E-state index < -0.39 is 6.10 Å². The molecule has 1 aromatic carbocycles. The fraction of sp³-hybridized carbons (Fsp3) is 0.538. The van der Waals surface area contributed by atoms with Crippen LogP contribution in [0.2, 0.25) is 5.02 Å². The number of aliphatic hydroxyl groups excluding tert-OH is 1. The first-order valence-electron chi connectivity index (χ1n) is 5.87. The van der Waals surface area contributed by atoms with E-state index in [0.717, 1.165) is 10.9 Å². The molecule has 1 heterocycles. The Kier molecular flexibility index (Phi) is 4.54. The molecule has 1 aromatic rings. The van der Waals surface area contributed by atoms with E-state index in [2.05, 4.69) is 22.9 Å². The third kappa shape index (κ3) is 2.67. The Balaban J connectivity index is 2.37. The predicted octanol–water partition coefficient (Wildman–Crippen LogP) is 3.57. The van der Waals surface area contributed by atoms with E-state index >= 15 is 0 Å². The van der Waals surface area contributed by atoms with Gasteiger partial charge in [-0.3, -0.25) is 0 Å². The average Bonchev–Trinajstić information content (AvgIpc) is 2.73. The van der Waals surface area contributed by atoms with Gasteiger partial charge in [-0.2, -0.15) is 0 Å². The van der Waals surface area contributed by atoms with Gasteiger partial charge in [-0.15, -0.1) is 0 Å². The van der Waals surface area contributed by atoms with Gasteiger partial charge < -0.3 is 14.6 Å². The normalized spacial score (nSPS) is 25.2. The molecule has 1 aliphatic heterocycles. The first-order chi connectivity index (χ1) is 8.54. The van der Waals surface area contributed by atoms with Crippen LogP contribution in [0.25, 0.3) is 0 Å². The smallest absolute Gasteiger partial charge is 0.139 e. The zero-order valence-corrected chi connectivity index (χ0v) is 12.7. The van der Waals surface area contributed by atoms with E-state index in [1.807, 2.05) is 0 Å². The molecule has 2 rings (SSSR count). The van der Waals surface area contributed by atoms with Crippen LogP contribution in [0.15, 0.2) is 16.6 Å². The van der Waals surface area contributed by atoms with Crippen LogP contribution >= 0.6 is 27.5 Å². The van der Waals surface area contributed by atoms with Gasteiger partial charge in [-0.1, -0.05) is 18.5 Å². The van der Waals surface area contributed by atoms with Crippen molar-refractivity contribution in [3.63, 3.8) is 0 Å². The molecule has 1 N–H and O–H groups in total. The van der Waals surface area contributed by atoms with Crippen LogP contribution in [0, 0.1) is 5.92 Å². The van der Waals surface area contributed by atoms with Crippen molar-refractivity contribution in [3.05, 3.63) is 27.2 Å². The number of benzene rings is 1. The number of aliphatic hydroxyl groups is 1. The van der Waals surface area contributed by atoms with Crippen LogP contribution in [0.1, 0.15) is 25.0 Å². The zero-order valence-electron chi connectivity index (χ0n) is 10.3. The van der Waals surface area contributed by atoms with Crippen LogP contribution in [-0.2, 0) is 4.74 Å². The number of hydrogen-bond acceptors (Lipinski definition) is 3. The summed E-state index contributed by atoms with van der Waals surface area (Å²) < 4.78 is 11.7. The summed E-state index contributed by atoms with van der Waals surface area (Å²) in [6, 6.07) is 3.47. The van der Waals surface area contributed by atoms with Crippen molar-refractivity contribution in [1.29, 1.82) is 0 Å². The molecule has 1 saturated heterocycles. The van der Waals surface area contributed by atoms with Gasteiger partial charge in [0.05, 0.1) is 17.7 Å². The van der Waals surface area contributed by atoms with Crippen LogP contribution in [0.5, 0.6) is 5.75 Å². The summed E-state index contributed by atoms with van der Waals surface area (Å²) in [7, 11) is 1.57. The van der Waals surface area contributed by atoms with Gasteiger partial charge in [0.25, 0.3) is 0 Å². The van der Waals surface area contributed by atoms with Crippen LogP contribution in [-0.4, -0.2) is 24.9 Å². The summed E-state index contributed by atoms with van der Waals surface area (Å²) in [6.07, 6.45) is 0.0305. The molecule has 3 atom stereocenters. The summed E-state index contributed by atoms with van der Waals surface area (Å²) in [5.41, 5.74) is 0.663. The minimum absolute atomic E-state index is 0.204. The minimum Gasteiger partial charge on any atom is -0.495 e. The fourth-order valence-corrected chi connectivity index (χ4v) is 3.31. The van der Waals surface area contributed by atoms with E-state index in [9.17, 15) is 5.11 Å². The molecule has 5 heteroatoms. The highest BCUT2D eigenvalue weighted by atomic mass is 79.9. The lowest BCUT2D eigenvalue weighted by Gasteiger charge is -2.24. The summed E-state index contributed by atoms with van der Waals surface area (Å²) >= 11 is 9.42. The molecule has 0 saturated carbocycles. The summed E-state index contributed by atoms with van der Waals surface area (Å²) in [5, 5.41) is 11.0. The molecule has 3 unspecified atom stereocenters. The Morgan fingerprint density at radius 1 is 1.56 bits per heavy atom. The third-order valence-electron chi connectivity index (χ3n) is 3.32. The van der Waals surface area contributed by atoms with Crippen LogP contribution in [0.3, 0.4) is 0 Å². The van der Waals surface area contributed by atoms with E-state index in [0.29, 0.717) is 28.9 Å². The Labute approximate surface area is 120 Å². The highest BCUT2D eigenvalue weighted by molar-refractivity contribution is 9.10. The lowest BCUT2D eigenvalue weighted by Crippen LogP contribution is -2.23. The molecule has 18 heavy (non-hydrogen) atoms. The molecular weight excluding hydrogens is 319 g/mol. The lowest BCUT2D eigenvalue weighted by atomic mass is 9.94. The molecular formula is C13H16BrClO3. The third-order valence-corrected chi connectivity index (χ3v) is 4.12. The van der Waals surface area contributed by atoms with Crippen molar-refractivity contribution in [2.24, 2.45) is 5.92 Å². The van der Waals surface area contributed by atoms with E-state index in [1.165, 1.54) is 0 Å². The molecule has 0 spiro atoms. The second-order valence-electron chi connectivity index (χ2n) is 4.56. The van der Waals surface area contributed by atoms with Crippen molar-refractivity contribution in [3.8, 4) is 5.75 Å². The van der Waals surface area contributed by atoms with Gasteiger partial charge >= 0.3 is 0 Å². The molecule has 0 amide bonds. The fourth-order valence-electron chi connectivity index (χ4n) is 2.31. The van der Waals surface area contributed by atoms with E-state index in [1.54, 1.807) is 19.2 Å². The molecule has 3 nitrogen and oxygen atoms in total. The Morgan fingerprint density at radius 3 is 2.83 bits per heavy atom. The first-order valence-corrected chi connectivity index (χ1v) is 7.04. The van der Waals surface area contributed by atoms with Crippen molar-refractivity contribution < 1.29 is 14.6 Å². The molecule has 1 fully saturated rings. The molecule has 0 aliphatic carbocycles. The summed E-state index contributed by atoms with van der Waals surface area (Å²) in [6.45, 7) is 2.76. The minimum atomic E-state index is -0.729.